The normalized spacial score (nSPS) is 11.9. The van der Waals surface area contributed by atoms with Gasteiger partial charge in [-0.2, -0.15) is 17.0 Å². The molecule has 7 heteroatoms. The molecule has 0 unspecified atom stereocenters. The van der Waals surface area contributed by atoms with Gasteiger partial charge in [0.15, 0.2) is 0 Å². The Morgan fingerprint density at radius 3 is 2.30 bits per heavy atom. The molecule has 0 spiro atoms. The minimum Gasteiger partial charge on any atom is -0.325 e. The molecule has 0 aliphatic carbocycles. The number of rotatable bonds is 5. The van der Waals surface area contributed by atoms with Crippen molar-refractivity contribution in [1.82, 2.24) is 8.61 Å². The van der Waals surface area contributed by atoms with Crippen LogP contribution in [0.25, 0.3) is 0 Å². The predicted molar refractivity (Wildman–Crippen MR) is 79.8 cm³/mol. The van der Waals surface area contributed by atoms with Gasteiger partial charge in [-0.1, -0.05) is 17.7 Å². The van der Waals surface area contributed by atoms with Gasteiger partial charge >= 0.3 is 0 Å². The highest BCUT2D eigenvalue weighted by Gasteiger charge is 2.22. The molecule has 20 heavy (non-hydrogen) atoms. The first-order chi connectivity index (χ1) is 9.14. The molecular weight excluding hydrogens is 278 g/mol. The average Bonchev–Trinajstić information content (AvgIpc) is 2.32. The van der Waals surface area contributed by atoms with E-state index in [4.69, 9.17) is 0 Å². The van der Waals surface area contributed by atoms with Crippen molar-refractivity contribution in [3.8, 4) is 0 Å². The van der Waals surface area contributed by atoms with Crippen LogP contribution < -0.4 is 5.32 Å². The van der Waals surface area contributed by atoms with Crippen LogP contribution in [-0.2, 0) is 15.0 Å². The molecule has 0 fully saturated rings. The quantitative estimate of drug-likeness (QED) is 0.881. The maximum absolute atomic E-state index is 11.9. The summed E-state index contributed by atoms with van der Waals surface area (Å²) in [4.78, 5) is 11.9. The maximum atomic E-state index is 11.9. The molecule has 1 amide bonds. The van der Waals surface area contributed by atoms with Crippen molar-refractivity contribution in [2.45, 2.75) is 13.8 Å². The highest BCUT2D eigenvalue weighted by molar-refractivity contribution is 7.86. The number of likely N-dealkylation sites (N-methyl/N-ethyl adjacent to an activating group) is 1. The van der Waals surface area contributed by atoms with Gasteiger partial charge < -0.3 is 5.32 Å². The van der Waals surface area contributed by atoms with Crippen molar-refractivity contribution in [3.63, 3.8) is 0 Å². The van der Waals surface area contributed by atoms with Gasteiger partial charge in [-0.25, -0.2) is 0 Å². The van der Waals surface area contributed by atoms with Crippen LogP contribution >= 0.6 is 0 Å². The molecule has 0 bridgehead atoms. The van der Waals surface area contributed by atoms with Crippen molar-refractivity contribution >= 4 is 21.8 Å². The Kier molecular flexibility index (Phi) is 5.27. The second kappa shape index (κ2) is 6.34. The summed E-state index contributed by atoms with van der Waals surface area (Å²) >= 11 is 0. The largest absolute Gasteiger partial charge is 0.325 e. The van der Waals surface area contributed by atoms with Crippen LogP contribution in [0.2, 0.25) is 0 Å². The number of amides is 1. The fourth-order valence-electron chi connectivity index (χ4n) is 1.71. The van der Waals surface area contributed by atoms with Crippen LogP contribution in [0.15, 0.2) is 18.2 Å². The Bertz CT molecular complexity index is 597. The van der Waals surface area contributed by atoms with E-state index in [-0.39, 0.29) is 12.5 Å². The first-order valence-electron chi connectivity index (χ1n) is 6.15. The topological polar surface area (TPSA) is 69.7 Å². The molecule has 0 saturated heterocycles. The molecule has 0 saturated carbocycles. The lowest BCUT2D eigenvalue weighted by Crippen LogP contribution is -2.41. The molecule has 1 N–H and O–H groups in total. The summed E-state index contributed by atoms with van der Waals surface area (Å²) in [6.07, 6.45) is 0. The first kappa shape index (κ1) is 16.6. The minimum atomic E-state index is -3.58. The number of benzene rings is 1. The zero-order valence-electron chi connectivity index (χ0n) is 12.5. The van der Waals surface area contributed by atoms with Crippen LogP contribution in [0.5, 0.6) is 0 Å². The van der Waals surface area contributed by atoms with Crippen LogP contribution in [0.1, 0.15) is 11.1 Å². The van der Waals surface area contributed by atoms with E-state index < -0.39 is 10.2 Å². The van der Waals surface area contributed by atoms with E-state index in [1.807, 2.05) is 32.0 Å². The fourth-order valence-corrected chi connectivity index (χ4v) is 2.54. The summed E-state index contributed by atoms with van der Waals surface area (Å²) < 4.78 is 25.7. The summed E-state index contributed by atoms with van der Waals surface area (Å²) in [5.74, 6) is -0.370. The number of aryl methyl sites for hydroxylation is 2. The maximum Gasteiger partial charge on any atom is 0.281 e. The van der Waals surface area contributed by atoms with Gasteiger partial charge in [-0.05, 0) is 25.5 Å². The number of carbonyl (C=O) groups is 1. The number of nitrogens with zero attached hydrogens (tertiary/aromatic N) is 2. The smallest absolute Gasteiger partial charge is 0.281 e. The molecule has 0 aliphatic rings. The molecule has 112 valence electrons. The number of nitrogens with one attached hydrogen (secondary N) is 1. The Hall–Kier alpha value is -1.44. The van der Waals surface area contributed by atoms with Crippen molar-refractivity contribution in [3.05, 3.63) is 29.3 Å². The van der Waals surface area contributed by atoms with Gasteiger partial charge in [0, 0.05) is 26.8 Å². The van der Waals surface area contributed by atoms with Gasteiger partial charge in [-0.15, -0.1) is 0 Å². The molecule has 0 aromatic heterocycles. The highest BCUT2D eigenvalue weighted by atomic mass is 32.2. The lowest BCUT2D eigenvalue weighted by molar-refractivity contribution is -0.116. The number of hydrogen-bond donors (Lipinski definition) is 1. The number of carbonyl (C=O) groups excluding carboxylic acids is 1. The molecular formula is C13H21N3O3S. The summed E-state index contributed by atoms with van der Waals surface area (Å²) in [5.41, 5.74) is 2.74. The summed E-state index contributed by atoms with van der Waals surface area (Å²) in [6, 6.07) is 5.65. The van der Waals surface area contributed by atoms with Crippen LogP contribution in [0.3, 0.4) is 0 Å². The molecule has 0 atom stereocenters. The zero-order chi connectivity index (χ0) is 15.5. The standard InChI is InChI=1S/C13H21N3O3S/c1-10-6-7-12(11(2)8-10)14-13(17)9-16(5)20(18,19)15(3)4/h6-8H,9H2,1-5H3,(H,14,17). The Morgan fingerprint density at radius 2 is 1.80 bits per heavy atom. The second-order valence-electron chi connectivity index (χ2n) is 4.91. The third-order valence-corrected chi connectivity index (χ3v) is 4.72. The van der Waals surface area contributed by atoms with Gasteiger partial charge in [0.2, 0.25) is 5.91 Å². The van der Waals surface area contributed by atoms with E-state index in [9.17, 15) is 13.2 Å². The molecule has 0 aliphatic heterocycles. The van der Waals surface area contributed by atoms with E-state index in [1.54, 1.807) is 0 Å². The molecule has 1 aromatic rings. The van der Waals surface area contributed by atoms with Crippen LogP contribution in [-0.4, -0.2) is 50.6 Å². The number of anilines is 1. The van der Waals surface area contributed by atoms with Gasteiger partial charge in [0.25, 0.3) is 10.2 Å². The van der Waals surface area contributed by atoms with Crippen molar-refractivity contribution in [1.29, 1.82) is 0 Å². The Labute approximate surface area is 120 Å². The fraction of sp³-hybridized carbons (Fsp3) is 0.462. The van der Waals surface area contributed by atoms with E-state index in [2.05, 4.69) is 5.32 Å². The third kappa shape index (κ3) is 4.03. The molecule has 0 heterocycles. The Morgan fingerprint density at radius 1 is 1.20 bits per heavy atom. The lowest BCUT2D eigenvalue weighted by Gasteiger charge is -2.21. The van der Waals surface area contributed by atoms with E-state index in [1.165, 1.54) is 21.1 Å². The van der Waals surface area contributed by atoms with E-state index in [0.717, 1.165) is 19.7 Å². The first-order valence-corrected chi connectivity index (χ1v) is 7.55. The second-order valence-corrected chi connectivity index (χ2v) is 7.16. The monoisotopic (exact) mass is 299 g/mol. The van der Waals surface area contributed by atoms with Gasteiger partial charge in [0.05, 0.1) is 6.54 Å². The van der Waals surface area contributed by atoms with Gasteiger partial charge in [-0.3, -0.25) is 4.79 Å². The van der Waals surface area contributed by atoms with Crippen molar-refractivity contribution in [2.75, 3.05) is 33.0 Å². The molecule has 1 aromatic carbocycles. The number of hydrogen-bond acceptors (Lipinski definition) is 3. The van der Waals surface area contributed by atoms with Crippen LogP contribution in [0, 0.1) is 13.8 Å². The summed E-state index contributed by atoms with van der Waals surface area (Å²) in [5, 5.41) is 2.72. The lowest BCUT2D eigenvalue weighted by atomic mass is 10.1. The molecule has 1 rings (SSSR count). The van der Waals surface area contributed by atoms with E-state index >= 15 is 0 Å². The van der Waals surface area contributed by atoms with Gasteiger partial charge in [0.1, 0.15) is 0 Å². The SMILES string of the molecule is Cc1ccc(NC(=O)CN(C)S(=O)(=O)N(C)C)c(C)c1. The summed E-state index contributed by atoms with van der Waals surface area (Å²) in [7, 11) is 0.646. The zero-order valence-corrected chi connectivity index (χ0v) is 13.3. The third-order valence-electron chi connectivity index (χ3n) is 2.88. The minimum absolute atomic E-state index is 0.228. The predicted octanol–water partition coefficient (Wildman–Crippen LogP) is 0.980. The summed E-state index contributed by atoms with van der Waals surface area (Å²) in [6.45, 7) is 3.63. The van der Waals surface area contributed by atoms with E-state index in [0.29, 0.717) is 5.69 Å². The Balaban J connectivity index is 2.74. The van der Waals surface area contributed by atoms with Crippen LogP contribution in [0.4, 0.5) is 5.69 Å². The molecule has 6 nitrogen and oxygen atoms in total. The van der Waals surface area contributed by atoms with Crippen molar-refractivity contribution in [2.24, 2.45) is 0 Å². The van der Waals surface area contributed by atoms with Crippen molar-refractivity contribution < 1.29 is 13.2 Å². The average molecular weight is 299 g/mol. The highest BCUT2D eigenvalue weighted by Crippen LogP contribution is 2.16. The molecule has 0 radical (unpaired) electrons.